The number of carbonyl (C=O) groups is 1. The van der Waals surface area contributed by atoms with E-state index in [0.717, 1.165) is 0 Å². The Hall–Kier alpha value is -1.90. The summed E-state index contributed by atoms with van der Waals surface area (Å²) in [7, 11) is -0.694. The van der Waals surface area contributed by atoms with E-state index in [0.29, 0.717) is 11.1 Å². The third-order valence-electron chi connectivity index (χ3n) is 2.97. The highest BCUT2D eigenvalue weighted by Crippen LogP contribution is 2.18. The van der Waals surface area contributed by atoms with E-state index >= 15 is 0 Å². The van der Waals surface area contributed by atoms with Crippen LogP contribution in [-0.2, 0) is 23.6 Å². The Morgan fingerprint density at radius 2 is 2.14 bits per heavy atom. The maximum absolute atomic E-state index is 12.2. The summed E-state index contributed by atoms with van der Waals surface area (Å²) in [4.78, 5) is 15.3. The number of nitrogens with zero attached hydrogens (tertiary/aromatic N) is 2. The minimum absolute atomic E-state index is 0.0278. The van der Waals surface area contributed by atoms with Gasteiger partial charge in [0.1, 0.15) is 5.15 Å². The van der Waals surface area contributed by atoms with E-state index in [1.807, 2.05) is 0 Å². The number of aromatic nitrogens is 2. The van der Waals surface area contributed by atoms with E-state index in [4.69, 9.17) is 11.6 Å². The van der Waals surface area contributed by atoms with E-state index in [1.165, 1.54) is 17.9 Å². The molecule has 7 nitrogen and oxygen atoms in total. The van der Waals surface area contributed by atoms with Crippen LogP contribution in [0.1, 0.15) is 15.9 Å². The molecule has 1 aromatic heterocycles. The van der Waals surface area contributed by atoms with Gasteiger partial charge in [0.25, 0.3) is 15.9 Å². The molecule has 1 heterocycles. The number of hydrogen-bond acceptors (Lipinski definition) is 4. The number of hydrogen-bond donors (Lipinski definition) is 2. The summed E-state index contributed by atoms with van der Waals surface area (Å²) >= 11 is 5.89. The van der Waals surface area contributed by atoms with Crippen LogP contribution in [0, 0.1) is 0 Å². The van der Waals surface area contributed by atoms with Gasteiger partial charge in [-0.25, -0.2) is 18.1 Å². The average molecular weight is 343 g/mol. The standard InChI is InChI=1S/C13H15ClN4O3S/c1-15-12(19)10-5-3-4-9(6-10)7-17-22(20,21)13-11(14)18(2)8-16-13/h3-6,8,17H,7H2,1-2H3,(H,15,19). The van der Waals surface area contributed by atoms with Crippen LogP contribution in [0.2, 0.25) is 5.15 Å². The van der Waals surface area contributed by atoms with Gasteiger partial charge in [0, 0.05) is 26.2 Å². The number of carbonyl (C=O) groups excluding carboxylic acids is 1. The summed E-state index contributed by atoms with van der Waals surface area (Å²) < 4.78 is 28.1. The minimum atomic E-state index is -3.82. The number of aryl methyl sites for hydroxylation is 1. The van der Waals surface area contributed by atoms with Gasteiger partial charge in [-0.05, 0) is 17.7 Å². The summed E-state index contributed by atoms with van der Waals surface area (Å²) in [5, 5.41) is 2.32. The second-order valence-electron chi connectivity index (χ2n) is 4.56. The Morgan fingerprint density at radius 3 is 2.73 bits per heavy atom. The molecule has 0 aliphatic rings. The lowest BCUT2D eigenvalue weighted by Gasteiger charge is -2.07. The molecule has 0 spiro atoms. The summed E-state index contributed by atoms with van der Waals surface area (Å²) in [6.45, 7) is 0.0278. The van der Waals surface area contributed by atoms with Crippen molar-refractivity contribution in [2.24, 2.45) is 7.05 Å². The summed E-state index contributed by atoms with van der Waals surface area (Å²) in [5.74, 6) is -0.238. The highest BCUT2D eigenvalue weighted by atomic mass is 35.5. The number of benzene rings is 1. The van der Waals surface area contributed by atoms with Crippen LogP contribution < -0.4 is 10.0 Å². The zero-order valence-electron chi connectivity index (χ0n) is 12.0. The van der Waals surface area contributed by atoms with Gasteiger partial charge in [-0.2, -0.15) is 0 Å². The molecule has 0 radical (unpaired) electrons. The fraction of sp³-hybridized carbons (Fsp3) is 0.231. The fourth-order valence-corrected chi connectivity index (χ4v) is 3.23. The lowest BCUT2D eigenvalue weighted by atomic mass is 10.1. The molecular formula is C13H15ClN4O3S. The normalized spacial score (nSPS) is 11.4. The molecule has 118 valence electrons. The molecule has 0 atom stereocenters. The Labute approximate surface area is 133 Å². The highest BCUT2D eigenvalue weighted by Gasteiger charge is 2.22. The first-order valence-corrected chi connectivity index (χ1v) is 8.19. The maximum Gasteiger partial charge on any atom is 0.261 e. The number of sulfonamides is 1. The molecule has 1 amide bonds. The summed E-state index contributed by atoms with van der Waals surface area (Å²) in [6, 6.07) is 6.66. The molecule has 1 aromatic carbocycles. The number of imidazole rings is 1. The Morgan fingerprint density at radius 1 is 1.41 bits per heavy atom. The second kappa shape index (κ2) is 6.47. The molecule has 0 fully saturated rings. The van der Waals surface area contributed by atoms with Crippen molar-refractivity contribution >= 4 is 27.5 Å². The molecule has 2 rings (SSSR count). The van der Waals surface area contributed by atoms with Crippen LogP contribution in [0.3, 0.4) is 0 Å². The molecule has 0 unspecified atom stereocenters. The van der Waals surface area contributed by atoms with E-state index in [2.05, 4.69) is 15.0 Å². The van der Waals surface area contributed by atoms with Crippen molar-refractivity contribution in [3.05, 3.63) is 46.9 Å². The topological polar surface area (TPSA) is 93.1 Å². The fourth-order valence-electron chi connectivity index (χ4n) is 1.79. The van der Waals surface area contributed by atoms with Gasteiger partial charge in [-0.3, -0.25) is 4.79 Å². The molecule has 0 saturated heterocycles. The van der Waals surface area contributed by atoms with E-state index in [-0.39, 0.29) is 22.6 Å². The zero-order valence-corrected chi connectivity index (χ0v) is 13.6. The van der Waals surface area contributed by atoms with Gasteiger partial charge in [-0.15, -0.1) is 0 Å². The molecular weight excluding hydrogens is 328 g/mol. The number of amides is 1. The Balaban J connectivity index is 2.16. The predicted octanol–water partition coefficient (Wildman–Crippen LogP) is 0.912. The van der Waals surface area contributed by atoms with Crippen LogP contribution >= 0.6 is 11.6 Å². The van der Waals surface area contributed by atoms with Crippen LogP contribution in [-0.4, -0.2) is 30.9 Å². The first kappa shape index (κ1) is 16.5. The third kappa shape index (κ3) is 3.46. The van der Waals surface area contributed by atoms with E-state index in [1.54, 1.807) is 31.3 Å². The predicted molar refractivity (Wildman–Crippen MR) is 82.1 cm³/mol. The molecule has 0 aliphatic carbocycles. The zero-order chi connectivity index (χ0) is 16.3. The van der Waals surface area contributed by atoms with Crippen molar-refractivity contribution in [1.29, 1.82) is 0 Å². The molecule has 0 bridgehead atoms. The van der Waals surface area contributed by atoms with Crippen molar-refractivity contribution in [2.45, 2.75) is 11.6 Å². The molecule has 0 saturated carbocycles. The van der Waals surface area contributed by atoms with Crippen LogP contribution in [0.25, 0.3) is 0 Å². The number of halogens is 1. The minimum Gasteiger partial charge on any atom is -0.355 e. The number of rotatable bonds is 5. The number of nitrogens with one attached hydrogen (secondary N) is 2. The van der Waals surface area contributed by atoms with Crippen molar-refractivity contribution in [3.8, 4) is 0 Å². The maximum atomic E-state index is 12.2. The molecule has 2 N–H and O–H groups in total. The monoisotopic (exact) mass is 342 g/mol. The van der Waals surface area contributed by atoms with Crippen LogP contribution in [0.4, 0.5) is 0 Å². The quantitative estimate of drug-likeness (QED) is 0.844. The SMILES string of the molecule is CNC(=O)c1cccc(CNS(=O)(=O)c2ncn(C)c2Cl)c1. The molecule has 9 heteroatoms. The van der Waals surface area contributed by atoms with Crippen molar-refractivity contribution in [1.82, 2.24) is 19.6 Å². The lowest BCUT2D eigenvalue weighted by Crippen LogP contribution is -2.24. The average Bonchev–Trinajstić information content (AvgIpc) is 2.85. The van der Waals surface area contributed by atoms with Gasteiger partial charge in [-0.1, -0.05) is 23.7 Å². The summed E-state index contributed by atoms with van der Waals surface area (Å²) in [6.07, 6.45) is 1.32. The summed E-state index contributed by atoms with van der Waals surface area (Å²) in [5.41, 5.74) is 1.10. The van der Waals surface area contributed by atoms with Gasteiger partial charge in [0.05, 0.1) is 6.33 Å². The Bertz CT molecular complexity index is 801. The highest BCUT2D eigenvalue weighted by molar-refractivity contribution is 7.89. The second-order valence-corrected chi connectivity index (χ2v) is 6.60. The van der Waals surface area contributed by atoms with Crippen LogP contribution in [0.15, 0.2) is 35.6 Å². The van der Waals surface area contributed by atoms with Crippen molar-refractivity contribution in [2.75, 3.05) is 7.05 Å². The Kier molecular flexibility index (Phi) is 4.84. The van der Waals surface area contributed by atoms with Gasteiger partial charge in [0.2, 0.25) is 5.03 Å². The molecule has 2 aromatic rings. The van der Waals surface area contributed by atoms with Gasteiger partial charge >= 0.3 is 0 Å². The van der Waals surface area contributed by atoms with Crippen molar-refractivity contribution < 1.29 is 13.2 Å². The smallest absolute Gasteiger partial charge is 0.261 e. The first-order valence-electron chi connectivity index (χ1n) is 6.32. The third-order valence-corrected chi connectivity index (χ3v) is 4.86. The van der Waals surface area contributed by atoms with Gasteiger partial charge < -0.3 is 9.88 Å². The largest absolute Gasteiger partial charge is 0.355 e. The van der Waals surface area contributed by atoms with E-state index in [9.17, 15) is 13.2 Å². The van der Waals surface area contributed by atoms with Crippen molar-refractivity contribution in [3.63, 3.8) is 0 Å². The lowest BCUT2D eigenvalue weighted by molar-refractivity contribution is 0.0963. The molecule has 22 heavy (non-hydrogen) atoms. The van der Waals surface area contributed by atoms with E-state index < -0.39 is 10.0 Å². The first-order chi connectivity index (χ1) is 10.3. The van der Waals surface area contributed by atoms with Crippen LogP contribution in [0.5, 0.6) is 0 Å². The molecule has 0 aliphatic heterocycles. The van der Waals surface area contributed by atoms with Gasteiger partial charge in [0.15, 0.2) is 0 Å².